The summed E-state index contributed by atoms with van der Waals surface area (Å²) in [4.78, 5) is 4.98. The molecule has 216 valence electrons. The van der Waals surface area contributed by atoms with E-state index in [9.17, 15) is 0 Å². The van der Waals surface area contributed by atoms with Gasteiger partial charge < -0.3 is 0 Å². The van der Waals surface area contributed by atoms with E-state index in [1.54, 1.807) is 0 Å². The quantitative estimate of drug-likeness (QED) is 0.129. The summed E-state index contributed by atoms with van der Waals surface area (Å²) in [6.07, 6.45) is 0. The van der Waals surface area contributed by atoms with Crippen molar-refractivity contribution in [1.82, 2.24) is 0 Å². The summed E-state index contributed by atoms with van der Waals surface area (Å²) < 4.78 is 5.96. The third-order valence-corrected chi connectivity index (χ3v) is 15.6. The molecular formula is C42H26N2Te2. The van der Waals surface area contributed by atoms with E-state index in [1.807, 2.05) is 0 Å². The van der Waals surface area contributed by atoms with Crippen LogP contribution >= 0.6 is 0 Å². The number of hydrogen-bond acceptors (Lipinski definition) is 2. The molecule has 0 bridgehead atoms. The van der Waals surface area contributed by atoms with Gasteiger partial charge in [0.2, 0.25) is 0 Å². The minimum atomic E-state index is -0.447. The molecule has 0 spiro atoms. The molecule has 4 heteroatoms. The van der Waals surface area contributed by atoms with Crippen LogP contribution in [-0.4, -0.2) is 41.8 Å². The zero-order chi connectivity index (χ0) is 30.2. The number of rotatable bonds is 2. The summed E-state index contributed by atoms with van der Waals surface area (Å²) in [5.41, 5.74) is 7.69. The molecule has 0 aromatic heterocycles. The van der Waals surface area contributed by atoms with Gasteiger partial charge in [0.15, 0.2) is 0 Å². The second kappa shape index (κ2) is 10.6. The molecule has 0 aliphatic carbocycles. The van der Waals surface area contributed by atoms with Gasteiger partial charge in [0.25, 0.3) is 0 Å². The van der Waals surface area contributed by atoms with E-state index in [0.29, 0.717) is 0 Å². The number of hydrogen-bond donors (Lipinski definition) is 0. The first-order valence-corrected chi connectivity index (χ1v) is 20.2. The predicted octanol–water partition coefficient (Wildman–Crippen LogP) is 8.02. The Balaban J connectivity index is 1.26. The second-order valence-corrected chi connectivity index (χ2v) is 17.9. The van der Waals surface area contributed by atoms with Crippen LogP contribution in [-0.2, 0) is 0 Å². The number of para-hydroxylation sites is 4. The van der Waals surface area contributed by atoms with Crippen LogP contribution in [0.15, 0.2) is 158 Å². The predicted molar refractivity (Wildman–Crippen MR) is 198 cm³/mol. The number of fused-ring (bicyclic) bond motifs is 10. The normalized spacial score (nSPS) is 13.4. The monoisotopic (exact) mass is 818 g/mol. The van der Waals surface area contributed by atoms with E-state index in [4.69, 9.17) is 0 Å². The van der Waals surface area contributed by atoms with E-state index in [2.05, 4.69) is 168 Å². The molecular weight excluding hydrogens is 788 g/mol. The molecule has 0 saturated carbocycles. The summed E-state index contributed by atoms with van der Waals surface area (Å²) >= 11 is -0.895. The molecule has 0 amide bonds. The van der Waals surface area contributed by atoms with Crippen LogP contribution in [0.3, 0.4) is 0 Å². The van der Waals surface area contributed by atoms with Gasteiger partial charge in [-0.25, -0.2) is 0 Å². The molecule has 0 fully saturated rings. The van der Waals surface area contributed by atoms with Crippen LogP contribution in [0.4, 0.5) is 34.1 Å². The molecule has 0 unspecified atom stereocenters. The molecule has 0 N–H and O–H groups in total. The fraction of sp³-hybridized carbons (Fsp3) is 0. The fourth-order valence-electron chi connectivity index (χ4n) is 7.18. The van der Waals surface area contributed by atoms with Crippen LogP contribution in [0.5, 0.6) is 0 Å². The summed E-state index contributed by atoms with van der Waals surface area (Å²) in [6, 6.07) is 59.1. The van der Waals surface area contributed by atoms with E-state index >= 15 is 0 Å². The average molecular weight is 814 g/mol. The maximum absolute atomic E-state index is 2.49. The van der Waals surface area contributed by atoms with Crippen molar-refractivity contribution in [3.63, 3.8) is 0 Å². The van der Waals surface area contributed by atoms with Crippen LogP contribution in [0.2, 0.25) is 0 Å². The van der Waals surface area contributed by atoms with Gasteiger partial charge in [-0.05, 0) is 0 Å². The standard InChI is InChI=1S/C42H26N2Te2/c1-2-12-30-29(11-1)31-23-21-27(43-35-13-3-7-17-39(35)45-40-18-8-4-14-36(40)43)25-33(31)34-26-28(22-24-32(30)34)44-37-15-5-9-19-41(37)46-42-20-10-6-16-38(42)44/h1-26H. The number of nitrogens with zero attached hydrogens (tertiary/aromatic N) is 2. The molecule has 10 rings (SSSR count). The molecule has 8 aromatic rings. The van der Waals surface area contributed by atoms with Gasteiger partial charge in [-0.3, -0.25) is 0 Å². The van der Waals surface area contributed by atoms with E-state index in [1.165, 1.54) is 80.9 Å². The van der Waals surface area contributed by atoms with Crippen molar-refractivity contribution >= 4 is 123 Å². The summed E-state index contributed by atoms with van der Waals surface area (Å²) in [5, 5.41) is 7.77. The summed E-state index contributed by atoms with van der Waals surface area (Å²) in [7, 11) is 0. The van der Waals surface area contributed by atoms with Gasteiger partial charge in [0.05, 0.1) is 0 Å². The van der Waals surface area contributed by atoms with Crippen LogP contribution in [0, 0.1) is 0 Å². The first-order valence-electron chi connectivity index (χ1n) is 15.5. The fourth-order valence-corrected chi connectivity index (χ4v) is 13.2. The Morgan fingerprint density at radius 3 is 0.957 bits per heavy atom. The molecule has 2 aliphatic heterocycles. The summed E-state index contributed by atoms with van der Waals surface area (Å²) in [6.45, 7) is 0. The Bertz CT molecular complexity index is 2250. The number of anilines is 6. The zero-order valence-corrected chi connectivity index (χ0v) is 29.4. The Morgan fingerprint density at radius 1 is 0.283 bits per heavy atom. The summed E-state index contributed by atoms with van der Waals surface area (Å²) in [5.74, 6) is 0. The zero-order valence-electron chi connectivity index (χ0n) is 24.7. The van der Waals surface area contributed by atoms with E-state index < -0.39 is 41.8 Å². The van der Waals surface area contributed by atoms with Gasteiger partial charge in [-0.15, -0.1) is 0 Å². The van der Waals surface area contributed by atoms with Gasteiger partial charge in [-0.1, -0.05) is 0 Å². The average Bonchev–Trinajstić information content (AvgIpc) is 3.12. The molecule has 46 heavy (non-hydrogen) atoms. The van der Waals surface area contributed by atoms with Crippen LogP contribution < -0.4 is 24.2 Å². The van der Waals surface area contributed by atoms with Crippen molar-refractivity contribution in [2.45, 2.75) is 0 Å². The molecule has 0 saturated heterocycles. The van der Waals surface area contributed by atoms with Gasteiger partial charge in [0, 0.05) is 0 Å². The van der Waals surface area contributed by atoms with Gasteiger partial charge in [-0.2, -0.15) is 0 Å². The van der Waals surface area contributed by atoms with Crippen molar-refractivity contribution in [3.8, 4) is 0 Å². The molecule has 2 heterocycles. The molecule has 0 radical (unpaired) electrons. The second-order valence-electron chi connectivity index (χ2n) is 11.8. The first-order chi connectivity index (χ1) is 22.8. The van der Waals surface area contributed by atoms with Crippen molar-refractivity contribution in [2.24, 2.45) is 0 Å². The molecule has 8 aromatic carbocycles. The Kier molecular flexibility index (Phi) is 6.22. The third-order valence-electron chi connectivity index (χ3n) is 9.18. The van der Waals surface area contributed by atoms with E-state index in [-0.39, 0.29) is 0 Å². The molecule has 2 aliphatic rings. The van der Waals surface area contributed by atoms with Crippen molar-refractivity contribution in [3.05, 3.63) is 158 Å². The molecule has 0 atom stereocenters. The third kappa shape index (κ3) is 4.09. The Hall–Kier alpha value is -4.28. The molecule has 2 nitrogen and oxygen atoms in total. The SMILES string of the molecule is c1ccc2c(c1)[Te]c1ccccc1N2c1ccc2c3ccccc3c3ccc(N4c5ccccc5[Te]c5ccccc54)cc3c2c1. The van der Waals surface area contributed by atoms with Crippen LogP contribution in [0.25, 0.3) is 32.3 Å². The Labute approximate surface area is 288 Å². The van der Waals surface area contributed by atoms with Crippen molar-refractivity contribution in [2.75, 3.05) is 9.80 Å². The van der Waals surface area contributed by atoms with Gasteiger partial charge in [0.1, 0.15) is 0 Å². The van der Waals surface area contributed by atoms with Gasteiger partial charge >= 0.3 is 290 Å². The van der Waals surface area contributed by atoms with Crippen LogP contribution in [0.1, 0.15) is 0 Å². The van der Waals surface area contributed by atoms with E-state index in [0.717, 1.165) is 0 Å². The number of benzene rings is 8. The van der Waals surface area contributed by atoms with Crippen molar-refractivity contribution < 1.29 is 0 Å². The topological polar surface area (TPSA) is 6.48 Å². The Morgan fingerprint density at radius 2 is 0.587 bits per heavy atom. The minimum absolute atomic E-state index is 0.447. The maximum atomic E-state index is 2.49. The first kappa shape index (κ1) is 26.9. The van der Waals surface area contributed by atoms with Crippen molar-refractivity contribution in [1.29, 1.82) is 0 Å².